The van der Waals surface area contributed by atoms with Gasteiger partial charge in [0.15, 0.2) is 0 Å². The first-order chi connectivity index (χ1) is 8.10. The van der Waals surface area contributed by atoms with Crippen LogP contribution < -0.4 is 10.5 Å². The molecule has 90 valence electrons. The van der Waals surface area contributed by atoms with Gasteiger partial charge in [-0.1, -0.05) is 0 Å². The van der Waals surface area contributed by atoms with Gasteiger partial charge in [-0.05, 0) is 24.3 Å². The van der Waals surface area contributed by atoms with Crippen LogP contribution in [0, 0.1) is 0 Å². The number of nitrogens with two attached hydrogens (primary N) is 1. The predicted octanol–water partition coefficient (Wildman–Crippen LogP) is 1.13. The van der Waals surface area contributed by atoms with Crippen molar-refractivity contribution >= 4 is 16.9 Å². The summed E-state index contributed by atoms with van der Waals surface area (Å²) in [6.07, 6.45) is 0.284. The van der Waals surface area contributed by atoms with Crippen molar-refractivity contribution in [2.75, 3.05) is 7.11 Å². The number of carboxylic acid groups (broad SMARTS) is 1. The number of hydrogen-bond acceptors (Lipinski definition) is 3. The fourth-order valence-electron chi connectivity index (χ4n) is 1.73. The summed E-state index contributed by atoms with van der Waals surface area (Å²) in [5.74, 6) is -0.230. The van der Waals surface area contributed by atoms with E-state index < -0.39 is 12.0 Å². The number of aliphatic carboxylic acids is 1. The van der Waals surface area contributed by atoms with E-state index in [1.807, 2.05) is 24.3 Å². The quantitative estimate of drug-likeness (QED) is 0.740. The van der Waals surface area contributed by atoms with Crippen LogP contribution in [0.4, 0.5) is 0 Å². The summed E-state index contributed by atoms with van der Waals surface area (Å²) in [5.41, 5.74) is 7.23. The topological polar surface area (TPSA) is 88.3 Å². The summed E-state index contributed by atoms with van der Waals surface area (Å²) in [4.78, 5) is 13.8. The Balaban J connectivity index is 2.28. The number of carbonyl (C=O) groups is 1. The number of benzene rings is 1. The minimum atomic E-state index is -0.999. The van der Waals surface area contributed by atoms with E-state index in [0.717, 1.165) is 22.3 Å². The average molecular weight is 234 g/mol. The number of hydrogen-bond donors (Lipinski definition) is 3. The van der Waals surface area contributed by atoms with Gasteiger partial charge in [-0.2, -0.15) is 0 Å². The molecule has 0 aliphatic rings. The number of ether oxygens (including phenoxy) is 1. The van der Waals surface area contributed by atoms with E-state index in [1.54, 1.807) is 7.11 Å². The average Bonchev–Trinajstić information content (AvgIpc) is 2.69. The Kier molecular flexibility index (Phi) is 3.01. The molecule has 0 bridgehead atoms. The molecular weight excluding hydrogens is 220 g/mol. The lowest BCUT2D eigenvalue weighted by molar-refractivity contribution is -0.138. The molecule has 0 spiro atoms. The Hall–Kier alpha value is -2.01. The van der Waals surface area contributed by atoms with Crippen molar-refractivity contribution in [1.29, 1.82) is 0 Å². The van der Waals surface area contributed by atoms with Crippen LogP contribution in [0.25, 0.3) is 10.9 Å². The minimum absolute atomic E-state index is 0.284. The van der Waals surface area contributed by atoms with Crippen LogP contribution in [0.2, 0.25) is 0 Å². The lowest BCUT2D eigenvalue weighted by Gasteiger charge is -2.02. The third-order valence-electron chi connectivity index (χ3n) is 2.64. The largest absolute Gasteiger partial charge is 0.497 e. The molecule has 0 aliphatic heterocycles. The van der Waals surface area contributed by atoms with Crippen molar-refractivity contribution in [1.82, 2.24) is 4.98 Å². The lowest BCUT2D eigenvalue weighted by Crippen LogP contribution is -2.32. The summed E-state index contributed by atoms with van der Waals surface area (Å²) < 4.78 is 5.12. The molecule has 0 amide bonds. The van der Waals surface area contributed by atoms with Crippen molar-refractivity contribution in [3.63, 3.8) is 0 Å². The van der Waals surface area contributed by atoms with Crippen molar-refractivity contribution in [2.24, 2.45) is 5.73 Å². The lowest BCUT2D eigenvalue weighted by atomic mass is 10.1. The fourth-order valence-corrected chi connectivity index (χ4v) is 1.73. The van der Waals surface area contributed by atoms with Gasteiger partial charge in [0.05, 0.1) is 7.11 Å². The highest BCUT2D eigenvalue weighted by Crippen LogP contribution is 2.21. The zero-order valence-corrected chi connectivity index (χ0v) is 9.43. The summed E-state index contributed by atoms with van der Waals surface area (Å²) >= 11 is 0. The second kappa shape index (κ2) is 4.47. The van der Waals surface area contributed by atoms with E-state index in [1.165, 1.54) is 0 Å². The molecule has 1 aromatic carbocycles. The van der Waals surface area contributed by atoms with Crippen molar-refractivity contribution < 1.29 is 14.6 Å². The molecule has 0 fully saturated rings. The minimum Gasteiger partial charge on any atom is -0.497 e. The zero-order valence-electron chi connectivity index (χ0n) is 9.43. The van der Waals surface area contributed by atoms with Crippen LogP contribution in [0.5, 0.6) is 5.75 Å². The maximum absolute atomic E-state index is 10.7. The Labute approximate surface area is 98.2 Å². The highest BCUT2D eigenvalue weighted by molar-refractivity contribution is 5.82. The Morgan fingerprint density at radius 3 is 2.94 bits per heavy atom. The normalized spacial score (nSPS) is 12.6. The smallest absolute Gasteiger partial charge is 0.320 e. The maximum atomic E-state index is 10.7. The second-order valence-electron chi connectivity index (χ2n) is 3.90. The Bertz CT molecular complexity index is 548. The maximum Gasteiger partial charge on any atom is 0.320 e. The molecule has 1 heterocycles. The van der Waals surface area contributed by atoms with E-state index in [-0.39, 0.29) is 6.42 Å². The van der Waals surface area contributed by atoms with E-state index >= 15 is 0 Å². The third-order valence-corrected chi connectivity index (χ3v) is 2.64. The first-order valence-electron chi connectivity index (χ1n) is 5.24. The second-order valence-corrected chi connectivity index (χ2v) is 3.90. The molecule has 2 aromatic rings. The third kappa shape index (κ3) is 2.39. The number of rotatable bonds is 4. The number of carboxylic acids is 1. The van der Waals surface area contributed by atoms with Crippen LogP contribution >= 0.6 is 0 Å². The molecular formula is C12H14N2O3. The highest BCUT2D eigenvalue weighted by atomic mass is 16.5. The van der Waals surface area contributed by atoms with Gasteiger partial charge in [-0.3, -0.25) is 4.79 Å². The SMILES string of the molecule is COc1ccc2[nH]c(C[C@H](N)C(=O)O)cc2c1. The Morgan fingerprint density at radius 1 is 1.53 bits per heavy atom. The molecule has 2 rings (SSSR count). The van der Waals surface area contributed by atoms with Gasteiger partial charge in [-0.15, -0.1) is 0 Å². The van der Waals surface area contributed by atoms with E-state index in [9.17, 15) is 4.79 Å². The van der Waals surface area contributed by atoms with Crippen LogP contribution in [-0.4, -0.2) is 29.2 Å². The van der Waals surface area contributed by atoms with Gasteiger partial charge in [0.2, 0.25) is 0 Å². The van der Waals surface area contributed by atoms with Gasteiger partial charge in [0, 0.05) is 23.0 Å². The summed E-state index contributed by atoms with van der Waals surface area (Å²) in [7, 11) is 1.61. The summed E-state index contributed by atoms with van der Waals surface area (Å²) in [5, 5.41) is 9.72. The molecule has 0 saturated heterocycles. The number of nitrogens with one attached hydrogen (secondary N) is 1. The van der Waals surface area contributed by atoms with E-state index in [0.29, 0.717) is 0 Å². The van der Waals surface area contributed by atoms with Crippen molar-refractivity contribution in [3.8, 4) is 5.75 Å². The molecule has 5 nitrogen and oxygen atoms in total. The first kappa shape index (κ1) is 11.5. The summed E-state index contributed by atoms with van der Waals surface area (Å²) in [6.45, 7) is 0. The van der Waals surface area contributed by atoms with Crippen molar-refractivity contribution in [3.05, 3.63) is 30.0 Å². The van der Waals surface area contributed by atoms with Crippen molar-refractivity contribution in [2.45, 2.75) is 12.5 Å². The van der Waals surface area contributed by atoms with Crippen LogP contribution in [0.15, 0.2) is 24.3 Å². The van der Waals surface area contributed by atoms with E-state index in [4.69, 9.17) is 15.6 Å². The molecule has 17 heavy (non-hydrogen) atoms. The number of aromatic nitrogens is 1. The molecule has 0 radical (unpaired) electrons. The zero-order chi connectivity index (χ0) is 12.4. The molecule has 0 aliphatic carbocycles. The van der Waals surface area contributed by atoms with Crippen LogP contribution in [0.1, 0.15) is 5.69 Å². The number of H-pyrrole nitrogens is 1. The Morgan fingerprint density at radius 2 is 2.29 bits per heavy atom. The predicted molar refractivity (Wildman–Crippen MR) is 64.2 cm³/mol. The number of fused-ring (bicyclic) bond motifs is 1. The van der Waals surface area contributed by atoms with Crippen LogP contribution in [-0.2, 0) is 11.2 Å². The molecule has 1 atom stereocenters. The number of aromatic amines is 1. The first-order valence-corrected chi connectivity index (χ1v) is 5.24. The highest BCUT2D eigenvalue weighted by Gasteiger charge is 2.13. The van der Waals surface area contributed by atoms with Gasteiger partial charge >= 0.3 is 5.97 Å². The summed E-state index contributed by atoms with van der Waals surface area (Å²) in [6, 6.07) is 6.64. The van der Waals surface area contributed by atoms with Gasteiger partial charge in [-0.25, -0.2) is 0 Å². The van der Waals surface area contributed by atoms with Gasteiger partial charge in [0.1, 0.15) is 11.8 Å². The fraction of sp³-hybridized carbons (Fsp3) is 0.250. The molecule has 0 unspecified atom stereocenters. The van der Waals surface area contributed by atoms with Gasteiger partial charge in [0.25, 0.3) is 0 Å². The molecule has 5 heteroatoms. The number of methoxy groups -OCH3 is 1. The van der Waals surface area contributed by atoms with E-state index in [2.05, 4.69) is 4.98 Å². The monoisotopic (exact) mass is 234 g/mol. The molecule has 4 N–H and O–H groups in total. The van der Waals surface area contributed by atoms with Gasteiger partial charge < -0.3 is 20.6 Å². The molecule has 1 aromatic heterocycles. The van der Waals surface area contributed by atoms with Crippen LogP contribution in [0.3, 0.4) is 0 Å². The molecule has 0 saturated carbocycles. The standard InChI is InChI=1S/C12H14N2O3/c1-17-9-2-3-11-7(5-9)4-8(14-11)6-10(13)12(15)16/h2-5,10,14H,6,13H2,1H3,(H,15,16)/t10-/m0/s1.